The Morgan fingerprint density at radius 1 is 1.15 bits per heavy atom. The molecule has 132 valence electrons. The number of ketones is 1. The second-order valence-electron chi connectivity index (χ2n) is 7.77. The fourth-order valence-corrected chi connectivity index (χ4v) is 5.04. The summed E-state index contributed by atoms with van der Waals surface area (Å²) in [6.07, 6.45) is 3.71. The van der Waals surface area contributed by atoms with Gasteiger partial charge in [0, 0.05) is 28.9 Å². The molecule has 2 N–H and O–H groups in total. The van der Waals surface area contributed by atoms with E-state index in [1.807, 2.05) is 24.3 Å². The number of amides is 1. The zero-order valence-corrected chi connectivity index (χ0v) is 15.1. The Kier molecular flexibility index (Phi) is 3.35. The first kappa shape index (κ1) is 15.8. The van der Waals surface area contributed by atoms with E-state index in [0.717, 1.165) is 53.7 Å². The van der Waals surface area contributed by atoms with Gasteiger partial charge < -0.3 is 10.6 Å². The Morgan fingerprint density at radius 3 is 2.73 bits per heavy atom. The summed E-state index contributed by atoms with van der Waals surface area (Å²) >= 11 is 0. The average molecular weight is 346 g/mol. The van der Waals surface area contributed by atoms with E-state index < -0.39 is 0 Å². The van der Waals surface area contributed by atoms with Crippen LogP contribution >= 0.6 is 0 Å². The second kappa shape index (κ2) is 5.52. The number of carbonyl (C=O) groups excluding carboxylic acids is 2. The lowest BCUT2D eigenvalue weighted by molar-refractivity contribution is -0.113. The van der Waals surface area contributed by atoms with E-state index in [1.54, 1.807) is 6.92 Å². The topological polar surface area (TPSA) is 68.1 Å². The molecule has 0 spiro atoms. The molecule has 0 radical (unpaired) electrons. The monoisotopic (exact) mass is 346 g/mol. The molecule has 0 saturated carbocycles. The van der Waals surface area contributed by atoms with E-state index in [2.05, 4.69) is 17.6 Å². The van der Waals surface area contributed by atoms with Crippen molar-refractivity contribution in [1.82, 2.24) is 5.32 Å². The summed E-state index contributed by atoms with van der Waals surface area (Å²) in [5.74, 6) is 0.139. The Hall–Kier alpha value is -2.46. The highest BCUT2D eigenvalue weighted by atomic mass is 16.2. The summed E-state index contributed by atoms with van der Waals surface area (Å²) in [6.45, 7) is 3.76. The number of hydrogen-bond acceptors (Lipinski definition) is 3. The summed E-state index contributed by atoms with van der Waals surface area (Å²) in [7, 11) is 0. The van der Waals surface area contributed by atoms with Crippen molar-refractivity contribution in [1.29, 1.82) is 0 Å². The van der Waals surface area contributed by atoms with Crippen molar-refractivity contribution < 1.29 is 9.59 Å². The molecule has 2 atom stereocenters. The standard InChI is InChI=1S/C22H22N2O2/c1-11-10-17-21(23-17)19-14(18(11)12(2)25)7-5-8-15(19)20-13-6-3-4-9-16(13)24-22(20)26/h3-4,6,9,17,21,23H,5,7-8,10H2,1-2H3,(H,24,26)/b20-15-. The molecular weight excluding hydrogens is 324 g/mol. The number of para-hydroxylation sites is 1. The van der Waals surface area contributed by atoms with Gasteiger partial charge in [-0.25, -0.2) is 0 Å². The Morgan fingerprint density at radius 2 is 1.92 bits per heavy atom. The van der Waals surface area contributed by atoms with Crippen LogP contribution < -0.4 is 10.6 Å². The van der Waals surface area contributed by atoms with Crippen LogP contribution in [0.25, 0.3) is 5.57 Å². The van der Waals surface area contributed by atoms with Crippen LogP contribution in [0.15, 0.2) is 52.1 Å². The maximum atomic E-state index is 12.8. The summed E-state index contributed by atoms with van der Waals surface area (Å²) in [6, 6.07) is 8.57. The molecule has 1 aromatic carbocycles. The van der Waals surface area contributed by atoms with Crippen molar-refractivity contribution in [3.8, 4) is 0 Å². The number of benzene rings is 1. The second-order valence-corrected chi connectivity index (χ2v) is 7.77. The van der Waals surface area contributed by atoms with E-state index in [0.29, 0.717) is 6.04 Å². The van der Waals surface area contributed by atoms with E-state index in [4.69, 9.17) is 0 Å². The first-order chi connectivity index (χ1) is 12.6. The van der Waals surface area contributed by atoms with Gasteiger partial charge in [0.05, 0.1) is 5.57 Å². The summed E-state index contributed by atoms with van der Waals surface area (Å²) in [4.78, 5) is 25.2. The molecule has 1 saturated heterocycles. The molecule has 2 aliphatic heterocycles. The number of fused-ring (bicyclic) bond motifs is 3. The first-order valence-electron chi connectivity index (χ1n) is 9.40. The van der Waals surface area contributed by atoms with Crippen molar-refractivity contribution in [3.63, 3.8) is 0 Å². The molecule has 0 bridgehead atoms. The van der Waals surface area contributed by atoms with Gasteiger partial charge in [0.2, 0.25) is 0 Å². The number of nitrogens with one attached hydrogen (secondary N) is 2. The van der Waals surface area contributed by atoms with Gasteiger partial charge in [0.15, 0.2) is 5.78 Å². The van der Waals surface area contributed by atoms with E-state index in [-0.39, 0.29) is 17.7 Å². The number of Topliss-reactive ketones (excluding diaryl/α,β-unsaturated/α-hetero) is 1. The van der Waals surface area contributed by atoms with Crippen LogP contribution in [0, 0.1) is 0 Å². The molecular formula is C22H22N2O2. The molecule has 1 amide bonds. The number of rotatable bonds is 1. The molecule has 2 aliphatic carbocycles. The van der Waals surface area contributed by atoms with Crippen molar-refractivity contribution in [2.24, 2.45) is 0 Å². The third-order valence-corrected chi connectivity index (χ3v) is 6.08. The van der Waals surface area contributed by atoms with Crippen LogP contribution in [0.2, 0.25) is 0 Å². The largest absolute Gasteiger partial charge is 0.321 e. The lowest BCUT2D eigenvalue weighted by atomic mass is 9.78. The molecule has 1 aromatic rings. The molecule has 0 aromatic heterocycles. The summed E-state index contributed by atoms with van der Waals surface area (Å²) in [5.41, 5.74) is 8.34. The molecule has 4 nitrogen and oxygen atoms in total. The molecule has 2 unspecified atom stereocenters. The van der Waals surface area contributed by atoms with Gasteiger partial charge in [-0.15, -0.1) is 0 Å². The van der Waals surface area contributed by atoms with E-state index >= 15 is 0 Å². The number of allylic oxidation sites excluding steroid dienone is 2. The third kappa shape index (κ3) is 2.18. The van der Waals surface area contributed by atoms with Gasteiger partial charge in [-0.05, 0) is 62.3 Å². The number of anilines is 1. The van der Waals surface area contributed by atoms with Crippen molar-refractivity contribution >= 4 is 23.0 Å². The maximum Gasteiger partial charge on any atom is 0.256 e. The third-order valence-electron chi connectivity index (χ3n) is 6.08. The Labute approximate surface area is 153 Å². The number of carbonyl (C=O) groups is 2. The normalized spacial score (nSPS) is 29.7. The van der Waals surface area contributed by atoms with Crippen molar-refractivity contribution in [2.75, 3.05) is 5.32 Å². The van der Waals surface area contributed by atoms with Crippen LogP contribution in [0.3, 0.4) is 0 Å². The van der Waals surface area contributed by atoms with Crippen molar-refractivity contribution in [2.45, 2.75) is 51.6 Å². The predicted octanol–water partition coefficient (Wildman–Crippen LogP) is 3.52. The van der Waals surface area contributed by atoms with Gasteiger partial charge in [-0.1, -0.05) is 23.8 Å². The van der Waals surface area contributed by atoms with Gasteiger partial charge in [0.1, 0.15) is 0 Å². The Balaban J connectivity index is 1.78. The lowest BCUT2D eigenvalue weighted by Gasteiger charge is -2.25. The average Bonchev–Trinajstić information content (AvgIpc) is 3.27. The van der Waals surface area contributed by atoms with Crippen LogP contribution in [-0.2, 0) is 9.59 Å². The highest BCUT2D eigenvalue weighted by Gasteiger charge is 2.46. The van der Waals surface area contributed by atoms with Gasteiger partial charge in [-0.3, -0.25) is 9.59 Å². The van der Waals surface area contributed by atoms with E-state index in [1.165, 1.54) is 16.7 Å². The van der Waals surface area contributed by atoms with Crippen LogP contribution in [0.1, 0.15) is 45.1 Å². The highest BCUT2D eigenvalue weighted by molar-refractivity contribution is 6.32. The van der Waals surface area contributed by atoms with Gasteiger partial charge >= 0.3 is 0 Å². The predicted molar refractivity (Wildman–Crippen MR) is 102 cm³/mol. The summed E-state index contributed by atoms with van der Waals surface area (Å²) < 4.78 is 0. The smallest absolute Gasteiger partial charge is 0.256 e. The molecule has 2 heterocycles. The van der Waals surface area contributed by atoms with E-state index in [9.17, 15) is 9.59 Å². The minimum atomic E-state index is -0.0125. The fraction of sp³-hybridized carbons (Fsp3) is 0.364. The van der Waals surface area contributed by atoms with Crippen LogP contribution in [0.4, 0.5) is 5.69 Å². The minimum Gasteiger partial charge on any atom is -0.321 e. The molecule has 4 aliphatic rings. The Bertz CT molecular complexity index is 964. The van der Waals surface area contributed by atoms with Gasteiger partial charge in [0.25, 0.3) is 5.91 Å². The highest BCUT2D eigenvalue weighted by Crippen LogP contribution is 2.48. The zero-order chi connectivity index (χ0) is 18.0. The molecule has 26 heavy (non-hydrogen) atoms. The zero-order valence-electron chi connectivity index (χ0n) is 15.1. The SMILES string of the molecule is CC(=O)C1=C(C)CC2NC2C2=C1CCC/C2=C1/C(=O)Nc2ccccc21. The maximum absolute atomic E-state index is 12.8. The molecule has 1 fully saturated rings. The van der Waals surface area contributed by atoms with Gasteiger partial charge in [-0.2, -0.15) is 0 Å². The van der Waals surface area contributed by atoms with Crippen molar-refractivity contribution in [3.05, 3.63) is 57.7 Å². The lowest BCUT2D eigenvalue weighted by Crippen LogP contribution is -2.17. The van der Waals surface area contributed by atoms with Crippen LogP contribution in [-0.4, -0.2) is 23.8 Å². The fourth-order valence-electron chi connectivity index (χ4n) is 5.04. The molecule has 4 heteroatoms. The summed E-state index contributed by atoms with van der Waals surface area (Å²) in [5, 5.41) is 6.59. The first-order valence-corrected chi connectivity index (χ1v) is 9.40. The minimum absolute atomic E-state index is 0.0125. The van der Waals surface area contributed by atoms with Crippen LogP contribution in [0.5, 0.6) is 0 Å². The number of hydrogen-bond donors (Lipinski definition) is 2. The quantitative estimate of drug-likeness (QED) is 0.604. The molecule has 5 rings (SSSR count).